The molecule has 1 aliphatic rings. The maximum Gasteiger partial charge on any atom is 0.325 e. The quantitative estimate of drug-likeness (QED) is 0.448. The molecule has 1 aromatic heterocycles. The van der Waals surface area contributed by atoms with Crippen LogP contribution >= 0.6 is 11.6 Å². The van der Waals surface area contributed by atoms with Gasteiger partial charge in [-0.2, -0.15) is 0 Å². The molecule has 3 N–H and O–H groups in total. The van der Waals surface area contributed by atoms with Crippen molar-refractivity contribution in [1.29, 1.82) is 0 Å². The standard InChI is InChI=1S/C24H21ClN4O5/c1-24(17-9-3-4-10-18(17)25)22(32)29(23(33)28-24)14-20(30)27-19-11-5-2-8-16(19)21(31)26-13-15-7-6-12-34-15/h2-12H,13-14H2,1H3,(H,26,31)(H,27,30)(H,28,33). The van der Waals surface area contributed by atoms with Crippen molar-refractivity contribution in [2.24, 2.45) is 0 Å². The molecule has 0 bridgehead atoms. The molecule has 174 valence electrons. The number of anilines is 1. The van der Waals surface area contributed by atoms with Gasteiger partial charge in [0, 0.05) is 10.6 Å². The number of halogens is 1. The highest BCUT2D eigenvalue weighted by Gasteiger charge is 2.50. The largest absolute Gasteiger partial charge is 0.467 e. The lowest BCUT2D eigenvalue weighted by molar-refractivity contribution is -0.133. The normalized spacial score (nSPS) is 17.4. The predicted molar refractivity (Wildman–Crippen MR) is 124 cm³/mol. The van der Waals surface area contributed by atoms with Gasteiger partial charge >= 0.3 is 6.03 Å². The van der Waals surface area contributed by atoms with Crippen LogP contribution in [0.15, 0.2) is 71.3 Å². The number of furan rings is 1. The van der Waals surface area contributed by atoms with Crippen LogP contribution in [-0.2, 0) is 21.7 Å². The first-order chi connectivity index (χ1) is 16.3. The fourth-order valence-electron chi connectivity index (χ4n) is 3.69. The van der Waals surface area contributed by atoms with E-state index in [-0.39, 0.29) is 17.8 Å². The van der Waals surface area contributed by atoms with Gasteiger partial charge in [0.2, 0.25) is 5.91 Å². The molecule has 9 nitrogen and oxygen atoms in total. The summed E-state index contributed by atoms with van der Waals surface area (Å²) in [4.78, 5) is 51.8. The van der Waals surface area contributed by atoms with E-state index in [4.69, 9.17) is 16.0 Å². The molecule has 1 fully saturated rings. The molecule has 0 saturated carbocycles. The highest BCUT2D eigenvalue weighted by atomic mass is 35.5. The van der Waals surface area contributed by atoms with E-state index in [9.17, 15) is 19.2 Å². The molecule has 1 saturated heterocycles. The number of amides is 5. The Bertz CT molecular complexity index is 1260. The van der Waals surface area contributed by atoms with Crippen molar-refractivity contribution in [3.05, 3.63) is 88.8 Å². The second-order valence-electron chi connectivity index (χ2n) is 7.78. The van der Waals surface area contributed by atoms with E-state index in [1.807, 2.05) is 0 Å². The Kier molecular flexibility index (Phi) is 6.38. The molecule has 2 heterocycles. The maximum absolute atomic E-state index is 13.1. The molecular weight excluding hydrogens is 460 g/mol. The van der Waals surface area contributed by atoms with Crippen LogP contribution in [0.2, 0.25) is 5.02 Å². The summed E-state index contributed by atoms with van der Waals surface area (Å²) in [6.07, 6.45) is 1.50. The number of carbonyl (C=O) groups is 4. The number of imide groups is 1. The van der Waals surface area contributed by atoms with E-state index in [0.717, 1.165) is 4.90 Å². The number of hydrogen-bond acceptors (Lipinski definition) is 5. The van der Waals surface area contributed by atoms with Crippen LogP contribution in [-0.4, -0.2) is 35.2 Å². The van der Waals surface area contributed by atoms with Crippen molar-refractivity contribution in [3.8, 4) is 0 Å². The van der Waals surface area contributed by atoms with Crippen LogP contribution in [0.1, 0.15) is 28.6 Å². The second-order valence-corrected chi connectivity index (χ2v) is 8.19. The van der Waals surface area contributed by atoms with Gasteiger partial charge in [0.1, 0.15) is 17.8 Å². The summed E-state index contributed by atoms with van der Waals surface area (Å²) in [6.45, 7) is 1.18. The molecule has 0 spiro atoms. The van der Waals surface area contributed by atoms with Crippen molar-refractivity contribution < 1.29 is 23.6 Å². The number of benzene rings is 2. The third-order valence-electron chi connectivity index (χ3n) is 5.44. The Balaban J connectivity index is 1.45. The molecule has 0 radical (unpaired) electrons. The third-order valence-corrected chi connectivity index (χ3v) is 5.77. The number of carbonyl (C=O) groups excluding carboxylic acids is 4. The van der Waals surface area contributed by atoms with Crippen molar-refractivity contribution in [2.75, 3.05) is 11.9 Å². The molecule has 34 heavy (non-hydrogen) atoms. The molecule has 0 aliphatic carbocycles. The first-order valence-electron chi connectivity index (χ1n) is 10.4. The number of para-hydroxylation sites is 1. The molecular formula is C24H21ClN4O5. The smallest absolute Gasteiger partial charge is 0.325 e. The van der Waals surface area contributed by atoms with Crippen molar-refractivity contribution in [3.63, 3.8) is 0 Å². The van der Waals surface area contributed by atoms with Crippen molar-refractivity contribution in [2.45, 2.75) is 19.0 Å². The van der Waals surface area contributed by atoms with Gasteiger partial charge < -0.3 is 20.4 Å². The lowest BCUT2D eigenvalue weighted by Gasteiger charge is -2.23. The van der Waals surface area contributed by atoms with Gasteiger partial charge in [0.05, 0.1) is 24.1 Å². The lowest BCUT2D eigenvalue weighted by Crippen LogP contribution is -2.42. The highest BCUT2D eigenvalue weighted by molar-refractivity contribution is 6.32. The van der Waals surface area contributed by atoms with Gasteiger partial charge in [0.15, 0.2) is 0 Å². The summed E-state index contributed by atoms with van der Waals surface area (Å²) in [5.74, 6) is -1.09. The zero-order valence-electron chi connectivity index (χ0n) is 18.1. The van der Waals surface area contributed by atoms with Crippen LogP contribution in [0.3, 0.4) is 0 Å². The number of rotatable bonds is 7. The summed E-state index contributed by atoms with van der Waals surface area (Å²) in [6, 6.07) is 15.8. The monoisotopic (exact) mass is 480 g/mol. The average molecular weight is 481 g/mol. The van der Waals surface area contributed by atoms with Gasteiger partial charge in [-0.25, -0.2) is 4.79 Å². The number of hydrogen-bond donors (Lipinski definition) is 3. The summed E-state index contributed by atoms with van der Waals surface area (Å²) in [7, 11) is 0. The molecule has 1 atom stereocenters. The van der Waals surface area contributed by atoms with E-state index in [1.54, 1.807) is 60.7 Å². The van der Waals surface area contributed by atoms with Crippen LogP contribution in [0.4, 0.5) is 10.5 Å². The zero-order chi connectivity index (χ0) is 24.3. The Labute approximate surface area is 200 Å². The lowest BCUT2D eigenvalue weighted by atomic mass is 9.92. The van der Waals surface area contributed by atoms with Crippen LogP contribution in [0.25, 0.3) is 0 Å². The topological polar surface area (TPSA) is 121 Å². The van der Waals surface area contributed by atoms with E-state index in [2.05, 4.69) is 16.0 Å². The average Bonchev–Trinajstić information content (AvgIpc) is 3.41. The minimum absolute atomic E-state index is 0.178. The highest BCUT2D eigenvalue weighted by Crippen LogP contribution is 2.33. The summed E-state index contributed by atoms with van der Waals surface area (Å²) in [5.41, 5.74) is -0.512. The van der Waals surface area contributed by atoms with Crippen LogP contribution in [0.5, 0.6) is 0 Å². The first kappa shape index (κ1) is 23.1. The predicted octanol–water partition coefficient (Wildman–Crippen LogP) is 3.27. The second kappa shape index (κ2) is 9.40. The fraction of sp³-hybridized carbons (Fsp3) is 0.167. The Morgan fingerprint density at radius 2 is 1.79 bits per heavy atom. The Hall–Kier alpha value is -4.11. The van der Waals surface area contributed by atoms with Gasteiger partial charge in [-0.15, -0.1) is 0 Å². The van der Waals surface area contributed by atoms with E-state index in [1.165, 1.54) is 13.2 Å². The summed E-state index contributed by atoms with van der Waals surface area (Å²) < 4.78 is 5.20. The number of urea groups is 1. The molecule has 1 aliphatic heterocycles. The molecule has 1 unspecified atom stereocenters. The molecule has 2 aromatic carbocycles. The van der Waals surface area contributed by atoms with Crippen LogP contribution in [0, 0.1) is 0 Å². The molecule has 4 rings (SSSR count). The SMILES string of the molecule is CC1(c2ccccc2Cl)NC(=O)N(CC(=O)Nc2ccccc2C(=O)NCc2ccco2)C1=O. The first-order valence-corrected chi connectivity index (χ1v) is 10.8. The molecule has 5 amide bonds. The Morgan fingerprint density at radius 3 is 2.53 bits per heavy atom. The number of nitrogens with one attached hydrogen (secondary N) is 3. The van der Waals surface area contributed by atoms with Crippen molar-refractivity contribution >= 4 is 41.0 Å². The maximum atomic E-state index is 13.1. The van der Waals surface area contributed by atoms with E-state index < -0.39 is 35.8 Å². The zero-order valence-corrected chi connectivity index (χ0v) is 18.9. The van der Waals surface area contributed by atoms with Crippen molar-refractivity contribution in [1.82, 2.24) is 15.5 Å². The summed E-state index contributed by atoms with van der Waals surface area (Å²) >= 11 is 6.23. The fourth-order valence-corrected chi connectivity index (χ4v) is 4.01. The van der Waals surface area contributed by atoms with E-state index in [0.29, 0.717) is 16.3 Å². The minimum Gasteiger partial charge on any atom is -0.467 e. The van der Waals surface area contributed by atoms with Crippen LogP contribution < -0.4 is 16.0 Å². The van der Waals surface area contributed by atoms with Gasteiger partial charge in [-0.1, -0.05) is 41.9 Å². The summed E-state index contributed by atoms with van der Waals surface area (Å²) in [5, 5.41) is 8.25. The molecule has 3 aromatic rings. The third kappa shape index (κ3) is 4.51. The van der Waals surface area contributed by atoms with Gasteiger partial charge in [-0.3, -0.25) is 19.3 Å². The van der Waals surface area contributed by atoms with Gasteiger partial charge in [-0.05, 0) is 37.3 Å². The Morgan fingerprint density at radius 1 is 1.06 bits per heavy atom. The molecule has 10 heteroatoms. The minimum atomic E-state index is -1.40. The van der Waals surface area contributed by atoms with E-state index >= 15 is 0 Å². The van der Waals surface area contributed by atoms with Gasteiger partial charge in [0.25, 0.3) is 11.8 Å². The number of nitrogens with zero attached hydrogens (tertiary/aromatic N) is 1.